The molecule has 0 aliphatic carbocycles. The molecule has 0 aliphatic rings. The van der Waals surface area contributed by atoms with Crippen LogP contribution in [0.2, 0.25) is 0 Å². The third-order valence-corrected chi connectivity index (χ3v) is 0. The SMILES string of the molecule is Br.CN(C)C.O=S. The highest BCUT2D eigenvalue weighted by Crippen LogP contribution is 1.47. The molecular weight excluding hydrogens is 178 g/mol. The predicted octanol–water partition coefficient (Wildman–Crippen LogP) is 0.419. The maximum Gasteiger partial charge on any atom is 0.197 e. The van der Waals surface area contributed by atoms with Gasteiger partial charge in [0.1, 0.15) is 0 Å². The average molecular weight is 188 g/mol. The van der Waals surface area contributed by atoms with Crippen LogP contribution < -0.4 is 0 Å². The fraction of sp³-hybridized carbons (Fsp3) is 1.00. The van der Waals surface area contributed by atoms with Crippen molar-refractivity contribution in [1.82, 2.24) is 4.90 Å². The van der Waals surface area contributed by atoms with Gasteiger partial charge in [-0.15, -0.1) is 17.0 Å². The highest BCUT2D eigenvalue weighted by Gasteiger charge is 1.58. The molecule has 0 saturated carbocycles. The molecule has 0 heterocycles. The molecule has 0 unspecified atom stereocenters. The second-order valence-electron chi connectivity index (χ2n) is 1.34. The number of hydrogen-bond donors (Lipinski definition) is 0. The third-order valence-electron chi connectivity index (χ3n) is 0. The van der Waals surface area contributed by atoms with E-state index in [1.165, 1.54) is 0 Å². The van der Waals surface area contributed by atoms with E-state index in [1.54, 1.807) is 0 Å². The molecule has 0 rings (SSSR count). The lowest BCUT2D eigenvalue weighted by atomic mass is 11.0. The molecule has 0 fully saturated rings. The topological polar surface area (TPSA) is 20.3 Å². The van der Waals surface area contributed by atoms with E-state index in [4.69, 9.17) is 4.21 Å². The summed E-state index contributed by atoms with van der Waals surface area (Å²) in [7, 11) is 6.00. The van der Waals surface area contributed by atoms with Crippen molar-refractivity contribution in [2.75, 3.05) is 21.1 Å². The van der Waals surface area contributed by atoms with E-state index in [0.717, 1.165) is 0 Å². The molecule has 0 atom stereocenters. The summed E-state index contributed by atoms with van der Waals surface area (Å²) >= 11 is 2.83. The lowest BCUT2D eigenvalue weighted by Gasteiger charge is -1.90. The minimum Gasteiger partial charge on any atom is -0.312 e. The zero-order chi connectivity index (χ0) is 5.58. The van der Waals surface area contributed by atoms with E-state index in [9.17, 15) is 0 Å². The fourth-order valence-electron chi connectivity index (χ4n) is 0. The highest BCUT2D eigenvalue weighted by molar-refractivity contribution is 8.93. The van der Waals surface area contributed by atoms with Crippen molar-refractivity contribution >= 4 is 29.5 Å². The van der Waals surface area contributed by atoms with Crippen molar-refractivity contribution in [1.29, 1.82) is 0 Å². The summed E-state index contributed by atoms with van der Waals surface area (Å²) in [6, 6.07) is 0. The Kier molecular flexibility index (Phi) is 36.0. The Bertz CT molecular complexity index is 26.1. The van der Waals surface area contributed by atoms with Crippen LogP contribution in [-0.2, 0) is 12.5 Å². The summed E-state index contributed by atoms with van der Waals surface area (Å²) < 4.78 is 7.83. The van der Waals surface area contributed by atoms with E-state index < -0.39 is 0 Å². The van der Waals surface area contributed by atoms with Gasteiger partial charge >= 0.3 is 0 Å². The van der Waals surface area contributed by atoms with Crippen molar-refractivity contribution in [2.24, 2.45) is 0 Å². The van der Waals surface area contributed by atoms with Crippen molar-refractivity contribution in [3.8, 4) is 0 Å². The lowest BCUT2D eigenvalue weighted by Crippen LogP contribution is -1.99. The maximum atomic E-state index is 7.83. The molecular formula is C3H10BrNOS. The summed E-state index contributed by atoms with van der Waals surface area (Å²) in [5, 5.41) is 0. The van der Waals surface area contributed by atoms with E-state index >= 15 is 0 Å². The van der Waals surface area contributed by atoms with Gasteiger partial charge in [0.2, 0.25) is 0 Å². The summed E-state index contributed by atoms with van der Waals surface area (Å²) in [5.41, 5.74) is 0. The molecule has 4 heteroatoms. The Morgan fingerprint density at radius 1 is 1.14 bits per heavy atom. The van der Waals surface area contributed by atoms with Crippen LogP contribution in [0.5, 0.6) is 0 Å². The standard InChI is InChI=1S/C3H9N.BrH.OS/c1-4(2)3;;1-2/h1-3H3;1H;. The third kappa shape index (κ3) is 607. The van der Waals surface area contributed by atoms with Crippen LogP contribution in [0.4, 0.5) is 0 Å². The lowest BCUT2D eigenvalue weighted by molar-refractivity contribution is 0.505. The molecule has 0 spiro atoms. The first-order valence-electron chi connectivity index (χ1n) is 1.51. The van der Waals surface area contributed by atoms with Crippen LogP contribution in [0.25, 0.3) is 0 Å². The first-order valence-corrected chi connectivity index (χ1v) is 1.84. The zero-order valence-electron chi connectivity index (χ0n) is 4.67. The van der Waals surface area contributed by atoms with Gasteiger partial charge in [-0.2, -0.15) is 4.21 Å². The van der Waals surface area contributed by atoms with Gasteiger partial charge in [0.25, 0.3) is 0 Å². The Labute approximate surface area is 60.2 Å². The number of rotatable bonds is 0. The maximum absolute atomic E-state index is 7.83. The molecule has 0 aromatic rings. The van der Waals surface area contributed by atoms with Crippen LogP contribution in [0, 0.1) is 0 Å². The molecule has 2 nitrogen and oxygen atoms in total. The molecule has 0 N–H and O–H groups in total. The van der Waals surface area contributed by atoms with E-state index in [1.807, 2.05) is 26.0 Å². The van der Waals surface area contributed by atoms with Gasteiger partial charge < -0.3 is 4.90 Å². The second-order valence-corrected chi connectivity index (χ2v) is 1.34. The van der Waals surface area contributed by atoms with E-state index in [2.05, 4.69) is 12.5 Å². The van der Waals surface area contributed by atoms with Gasteiger partial charge in [0, 0.05) is 0 Å². The first kappa shape index (κ1) is 15.7. The van der Waals surface area contributed by atoms with Crippen molar-refractivity contribution in [3.05, 3.63) is 0 Å². The van der Waals surface area contributed by atoms with Crippen molar-refractivity contribution in [3.63, 3.8) is 0 Å². The van der Waals surface area contributed by atoms with Gasteiger partial charge in [-0.1, -0.05) is 0 Å². The van der Waals surface area contributed by atoms with Crippen molar-refractivity contribution < 1.29 is 4.21 Å². The van der Waals surface area contributed by atoms with Crippen LogP contribution in [-0.4, -0.2) is 30.3 Å². The molecule has 0 saturated heterocycles. The minimum absolute atomic E-state index is 0. The Morgan fingerprint density at radius 2 is 1.14 bits per heavy atom. The molecule has 0 bridgehead atoms. The minimum atomic E-state index is 0. The smallest absolute Gasteiger partial charge is 0.197 e. The Hall–Kier alpha value is 0.460. The number of hydrogen-bond acceptors (Lipinski definition) is 3. The average Bonchev–Trinajstić information content (AvgIpc) is 1.41. The summed E-state index contributed by atoms with van der Waals surface area (Å²) in [6.45, 7) is 0. The van der Waals surface area contributed by atoms with E-state index in [-0.39, 0.29) is 17.0 Å². The summed E-state index contributed by atoms with van der Waals surface area (Å²) in [5.74, 6) is 0. The normalized spacial score (nSPS) is 5.71. The predicted molar refractivity (Wildman–Crippen MR) is 38.1 cm³/mol. The second kappa shape index (κ2) is 16.1. The molecule has 0 aromatic heterocycles. The van der Waals surface area contributed by atoms with Gasteiger partial charge in [0.15, 0.2) is 12.5 Å². The zero-order valence-corrected chi connectivity index (χ0v) is 7.20. The van der Waals surface area contributed by atoms with Crippen LogP contribution in [0.3, 0.4) is 0 Å². The number of nitrogens with zero attached hydrogens (tertiary/aromatic N) is 1. The quantitative estimate of drug-likeness (QED) is 0.549. The molecule has 0 aliphatic heterocycles. The molecule has 46 valence electrons. The van der Waals surface area contributed by atoms with Gasteiger partial charge in [0.05, 0.1) is 0 Å². The van der Waals surface area contributed by atoms with E-state index in [0.29, 0.717) is 0 Å². The van der Waals surface area contributed by atoms with Crippen molar-refractivity contribution in [2.45, 2.75) is 0 Å². The molecule has 0 aromatic carbocycles. The van der Waals surface area contributed by atoms with Crippen LogP contribution in [0.1, 0.15) is 0 Å². The van der Waals surface area contributed by atoms with Crippen LogP contribution >= 0.6 is 17.0 Å². The Balaban J connectivity index is -0.0000000480. The summed E-state index contributed by atoms with van der Waals surface area (Å²) in [6.07, 6.45) is 0. The Morgan fingerprint density at radius 3 is 1.14 bits per heavy atom. The molecule has 7 heavy (non-hydrogen) atoms. The molecule has 0 amide bonds. The van der Waals surface area contributed by atoms with Crippen LogP contribution in [0.15, 0.2) is 0 Å². The largest absolute Gasteiger partial charge is 0.312 e. The fourth-order valence-corrected chi connectivity index (χ4v) is 0. The van der Waals surface area contributed by atoms with Gasteiger partial charge in [-0.05, 0) is 21.1 Å². The monoisotopic (exact) mass is 187 g/mol. The number of halogens is 1. The summed E-state index contributed by atoms with van der Waals surface area (Å²) in [4.78, 5) is 2.00. The molecule has 0 radical (unpaired) electrons. The van der Waals surface area contributed by atoms with Gasteiger partial charge in [-0.3, -0.25) is 0 Å². The van der Waals surface area contributed by atoms with Gasteiger partial charge in [-0.25, -0.2) is 0 Å². The highest BCUT2D eigenvalue weighted by atomic mass is 79.9. The first-order chi connectivity index (χ1) is 2.73.